The largest absolute Gasteiger partial charge is 0.314 e. The van der Waals surface area contributed by atoms with Gasteiger partial charge < -0.3 is 5.32 Å². The van der Waals surface area contributed by atoms with Gasteiger partial charge in [0.2, 0.25) is 0 Å². The van der Waals surface area contributed by atoms with Gasteiger partial charge in [0.25, 0.3) is 0 Å². The Morgan fingerprint density at radius 3 is 2.21 bits per heavy atom. The van der Waals surface area contributed by atoms with Gasteiger partial charge in [0.15, 0.2) is 0 Å². The second-order valence-electron chi connectivity index (χ2n) is 7.36. The number of benzene rings is 2. The fourth-order valence-electron chi connectivity index (χ4n) is 4.07. The van der Waals surface area contributed by atoms with E-state index in [1.54, 1.807) is 11.1 Å². The number of rotatable bonds is 8. The van der Waals surface area contributed by atoms with Crippen molar-refractivity contribution in [1.29, 1.82) is 0 Å². The van der Waals surface area contributed by atoms with Crippen LogP contribution >= 0.6 is 0 Å². The zero-order valence-electron chi connectivity index (χ0n) is 15.2. The molecule has 0 saturated heterocycles. The lowest BCUT2D eigenvalue weighted by atomic mass is 9.81. The van der Waals surface area contributed by atoms with Crippen LogP contribution in [0.1, 0.15) is 55.7 Å². The van der Waals surface area contributed by atoms with Gasteiger partial charge in [-0.25, -0.2) is 0 Å². The Balaban J connectivity index is 1.65. The molecule has 1 aliphatic carbocycles. The lowest BCUT2D eigenvalue weighted by molar-refractivity contribution is 0.399. The molecule has 0 amide bonds. The molecule has 1 nitrogen and oxygen atoms in total. The van der Waals surface area contributed by atoms with Gasteiger partial charge in [0.05, 0.1) is 0 Å². The van der Waals surface area contributed by atoms with Crippen LogP contribution in [0.5, 0.6) is 0 Å². The summed E-state index contributed by atoms with van der Waals surface area (Å²) in [6, 6.07) is 20.8. The first-order valence-corrected chi connectivity index (χ1v) is 9.63. The van der Waals surface area contributed by atoms with Gasteiger partial charge in [-0.3, -0.25) is 0 Å². The maximum absolute atomic E-state index is 3.65. The number of hydrogen-bond acceptors (Lipinski definition) is 1. The smallest absolute Gasteiger partial charge is 0.00360 e. The summed E-state index contributed by atoms with van der Waals surface area (Å²) in [6.07, 6.45) is 6.24. The van der Waals surface area contributed by atoms with Crippen LogP contribution in [0, 0.1) is 5.92 Å². The van der Waals surface area contributed by atoms with Crippen LogP contribution in [0.2, 0.25) is 0 Å². The summed E-state index contributed by atoms with van der Waals surface area (Å²) in [4.78, 5) is 0. The summed E-state index contributed by atoms with van der Waals surface area (Å²) in [7, 11) is 0. The topological polar surface area (TPSA) is 12.0 Å². The molecule has 1 aliphatic rings. The first kappa shape index (κ1) is 17.2. The monoisotopic (exact) mass is 321 g/mol. The van der Waals surface area contributed by atoms with E-state index in [0.29, 0.717) is 12.0 Å². The summed E-state index contributed by atoms with van der Waals surface area (Å²) >= 11 is 0. The van der Waals surface area contributed by atoms with Crippen LogP contribution in [0.25, 0.3) is 0 Å². The normalized spacial score (nSPS) is 16.8. The van der Waals surface area contributed by atoms with E-state index in [-0.39, 0.29) is 0 Å². The van der Waals surface area contributed by atoms with Crippen molar-refractivity contribution >= 4 is 0 Å². The fraction of sp³-hybridized carbons (Fsp3) is 0.478. The highest BCUT2D eigenvalue weighted by atomic mass is 14.9. The molecule has 24 heavy (non-hydrogen) atoms. The second kappa shape index (κ2) is 8.48. The molecule has 2 atom stereocenters. The van der Waals surface area contributed by atoms with Crippen LogP contribution in [0.3, 0.4) is 0 Å². The van der Waals surface area contributed by atoms with E-state index in [1.165, 1.54) is 37.7 Å². The molecule has 2 aromatic carbocycles. The molecule has 1 N–H and O–H groups in total. The van der Waals surface area contributed by atoms with Crippen molar-refractivity contribution < 1.29 is 0 Å². The Morgan fingerprint density at radius 1 is 0.958 bits per heavy atom. The molecule has 0 fully saturated rings. The first-order valence-electron chi connectivity index (χ1n) is 9.63. The Bertz CT molecular complexity index is 594. The standard InChI is InChI=1S/C23H31N/c1-3-18(2)24-15-9-14-23(19-10-5-4-6-11-19)22-16-20-12-7-8-13-21(20)17-22/h4-8,10-13,18,22-24H,3,9,14-17H2,1-2H3. The highest BCUT2D eigenvalue weighted by molar-refractivity contribution is 5.34. The lowest BCUT2D eigenvalue weighted by Gasteiger charge is -2.24. The highest BCUT2D eigenvalue weighted by Gasteiger charge is 2.29. The average molecular weight is 322 g/mol. The van der Waals surface area contributed by atoms with Crippen molar-refractivity contribution in [3.8, 4) is 0 Å². The Labute approximate surface area is 147 Å². The second-order valence-corrected chi connectivity index (χ2v) is 7.36. The Morgan fingerprint density at radius 2 is 1.58 bits per heavy atom. The summed E-state index contributed by atoms with van der Waals surface area (Å²) in [5, 5.41) is 3.65. The zero-order chi connectivity index (χ0) is 16.8. The molecule has 128 valence electrons. The minimum Gasteiger partial charge on any atom is -0.314 e. The van der Waals surface area contributed by atoms with E-state index in [2.05, 4.69) is 73.8 Å². The van der Waals surface area contributed by atoms with Gasteiger partial charge >= 0.3 is 0 Å². The molecular weight excluding hydrogens is 290 g/mol. The molecule has 1 heteroatoms. The average Bonchev–Trinajstić information content (AvgIpc) is 3.05. The molecule has 2 unspecified atom stereocenters. The molecule has 3 rings (SSSR count). The van der Waals surface area contributed by atoms with Crippen LogP contribution in [-0.2, 0) is 12.8 Å². The van der Waals surface area contributed by atoms with Gasteiger partial charge in [-0.2, -0.15) is 0 Å². The van der Waals surface area contributed by atoms with Crippen LogP contribution < -0.4 is 5.32 Å². The van der Waals surface area contributed by atoms with Gasteiger partial charge in [0.1, 0.15) is 0 Å². The predicted octanol–water partition coefficient (Wildman–Crippen LogP) is 5.35. The summed E-state index contributed by atoms with van der Waals surface area (Å²) in [5.74, 6) is 1.44. The van der Waals surface area contributed by atoms with Gasteiger partial charge in [-0.05, 0) is 74.1 Å². The predicted molar refractivity (Wildman–Crippen MR) is 104 cm³/mol. The Hall–Kier alpha value is -1.60. The molecule has 0 aliphatic heterocycles. The van der Waals surface area contributed by atoms with Crippen molar-refractivity contribution in [3.63, 3.8) is 0 Å². The number of hydrogen-bond donors (Lipinski definition) is 1. The number of fused-ring (bicyclic) bond motifs is 1. The minimum absolute atomic E-state index is 0.635. The van der Waals surface area contributed by atoms with Crippen molar-refractivity contribution in [1.82, 2.24) is 5.32 Å². The van der Waals surface area contributed by atoms with E-state index in [0.717, 1.165) is 12.5 Å². The van der Waals surface area contributed by atoms with E-state index in [1.807, 2.05) is 0 Å². The van der Waals surface area contributed by atoms with Crippen molar-refractivity contribution in [3.05, 3.63) is 71.3 Å². The third-order valence-electron chi connectivity index (χ3n) is 5.68. The van der Waals surface area contributed by atoms with E-state index in [4.69, 9.17) is 0 Å². The Kier molecular flexibility index (Phi) is 6.09. The molecule has 0 aromatic heterocycles. The molecule has 0 heterocycles. The molecule has 0 saturated carbocycles. The molecule has 0 bridgehead atoms. The quantitative estimate of drug-likeness (QED) is 0.646. The number of nitrogens with one attached hydrogen (secondary N) is 1. The first-order chi connectivity index (χ1) is 11.8. The lowest BCUT2D eigenvalue weighted by Crippen LogP contribution is -2.26. The highest BCUT2D eigenvalue weighted by Crippen LogP contribution is 2.39. The van der Waals surface area contributed by atoms with Gasteiger partial charge in [-0.1, -0.05) is 61.5 Å². The van der Waals surface area contributed by atoms with Crippen LogP contribution in [0.15, 0.2) is 54.6 Å². The van der Waals surface area contributed by atoms with Gasteiger partial charge in [-0.15, -0.1) is 0 Å². The van der Waals surface area contributed by atoms with Crippen LogP contribution in [0.4, 0.5) is 0 Å². The maximum Gasteiger partial charge on any atom is 0.00360 e. The molecule has 0 spiro atoms. The van der Waals surface area contributed by atoms with E-state index in [9.17, 15) is 0 Å². The van der Waals surface area contributed by atoms with Crippen molar-refractivity contribution in [2.24, 2.45) is 5.92 Å². The third kappa shape index (κ3) is 4.27. The van der Waals surface area contributed by atoms with Gasteiger partial charge in [0, 0.05) is 6.04 Å². The summed E-state index contributed by atoms with van der Waals surface area (Å²) < 4.78 is 0. The van der Waals surface area contributed by atoms with E-state index >= 15 is 0 Å². The molecule has 2 aromatic rings. The van der Waals surface area contributed by atoms with Crippen molar-refractivity contribution in [2.45, 2.75) is 57.9 Å². The summed E-state index contributed by atoms with van der Waals surface area (Å²) in [5.41, 5.74) is 4.67. The zero-order valence-corrected chi connectivity index (χ0v) is 15.2. The summed E-state index contributed by atoms with van der Waals surface area (Å²) in [6.45, 7) is 5.67. The minimum atomic E-state index is 0.635. The molecule has 0 radical (unpaired) electrons. The third-order valence-corrected chi connectivity index (χ3v) is 5.68. The SMILES string of the molecule is CCC(C)NCCCC(c1ccccc1)C1Cc2ccccc2C1. The van der Waals surface area contributed by atoms with Crippen molar-refractivity contribution in [2.75, 3.05) is 6.54 Å². The van der Waals surface area contributed by atoms with E-state index < -0.39 is 0 Å². The fourth-order valence-corrected chi connectivity index (χ4v) is 4.07. The maximum atomic E-state index is 3.65. The molecular formula is C23H31N. The van der Waals surface area contributed by atoms with Crippen LogP contribution in [-0.4, -0.2) is 12.6 Å².